The molecule has 0 saturated carbocycles. The van der Waals surface area contributed by atoms with Crippen LogP contribution in [0.15, 0.2) is 29.6 Å². The smallest absolute Gasteiger partial charge is 0.387 e. The molecule has 0 amide bonds. The number of ether oxygens (including phenoxy) is 1. The summed E-state index contributed by atoms with van der Waals surface area (Å²) in [4.78, 5) is 4.37. The van der Waals surface area contributed by atoms with Crippen molar-refractivity contribution in [2.24, 2.45) is 0 Å². The van der Waals surface area contributed by atoms with Crippen LogP contribution < -0.4 is 10.1 Å². The zero-order valence-corrected chi connectivity index (χ0v) is 11.2. The van der Waals surface area contributed by atoms with Gasteiger partial charge in [-0.1, -0.05) is 19.1 Å². The lowest BCUT2D eigenvalue weighted by molar-refractivity contribution is -0.0494. The highest BCUT2D eigenvalue weighted by molar-refractivity contribution is 7.14. The van der Waals surface area contributed by atoms with Crippen molar-refractivity contribution in [1.82, 2.24) is 4.98 Å². The van der Waals surface area contributed by atoms with E-state index < -0.39 is 6.61 Å². The normalized spacial score (nSPS) is 10.7. The molecule has 19 heavy (non-hydrogen) atoms. The molecule has 0 aliphatic rings. The maximum absolute atomic E-state index is 12.3. The molecule has 0 spiro atoms. The summed E-state index contributed by atoms with van der Waals surface area (Å²) in [6.45, 7) is 0.0626. The fourth-order valence-electron chi connectivity index (χ4n) is 1.59. The Hall–Kier alpha value is -1.69. The second-order valence-corrected chi connectivity index (χ2v) is 4.70. The summed E-state index contributed by atoms with van der Waals surface area (Å²) in [5, 5.41) is 5.77. The van der Waals surface area contributed by atoms with Gasteiger partial charge in [0.1, 0.15) is 5.75 Å². The average Bonchev–Trinajstić information content (AvgIpc) is 2.85. The predicted octanol–water partition coefficient (Wildman–Crippen LogP) is 4.23. The number of para-hydroxylation sites is 1. The monoisotopic (exact) mass is 284 g/mol. The lowest BCUT2D eigenvalue weighted by Gasteiger charge is -2.08. The van der Waals surface area contributed by atoms with Gasteiger partial charge >= 0.3 is 6.61 Å². The second kappa shape index (κ2) is 6.47. The van der Waals surface area contributed by atoms with Crippen LogP contribution in [-0.2, 0) is 0 Å². The van der Waals surface area contributed by atoms with Crippen LogP contribution in [0.3, 0.4) is 0 Å². The standard InChI is InChI=1S/C13H14F2N2OS/c1-2-7-16-13-17-10(8-19-13)9-5-3-4-6-11(9)18-12(14)15/h3-6,8,12H,2,7H2,1H3,(H,16,17). The van der Waals surface area contributed by atoms with E-state index in [1.807, 2.05) is 5.38 Å². The van der Waals surface area contributed by atoms with Crippen LogP contribution in [0.5, 0.6) is 5.75 Å². The maximum Gasteiger partial charge on any atom is 0.387 e. The Kier molecular flexibility index (Phi) is 4.68. The summed E-state index contributed by atoms with van der Waals surface area (Å²) in [7, 11) is 0. The number of halogens is 2. The molecule has 1 heterocycles. The van der Waals surface area contributed by atoms with Gasteiger partial charge in [-0.25, -0.2) is 4.98 Å². The Morgan fingerprint density at radius 1 is 1.37 bits per heavy atom. The van der Waals surface area contributed by atoms with Crippen molar-refractivity contribution in [3.05, 3.63) is 29.6 Å². The minimum absolute atomic E-state index is 0.143. The third kappa shape index (κ3) is 3.64. The van der Waals surface area contributed by atoms with Crippen LogP contribution in [0.4, 0.5) is 13.9 Å². The van der Waals surface area contributed by atoms with E-state index >= 15 is 0 Å². The number of anilines is 1. The van der Waals surface area contributed by atoms with Crippen LogP contribution in [0, 0.1) is 0 Å². The molecule has 102 valence electrons. The van der Waals surface area contributed by atoms with E-state index in [9.17, 15) is 8.78 Å². The first-order valence-electron chi connectivity index (χ1n) is 5.94. The summed E-state index contributed by atoms with van der Waals surface area (Å²) >= 11 is 1.45. The topological polar surface area (TPSA) is 34.2 Å². The highest BCUT2D eigenvalue weighted by atomic mass is 32.1. The van der Waals surface area contributed by atoms with Gasteiger partial charge in [-0.2, -0.15) is 8.78 Å². The zero-order valence-electron chi connectivity index (χ0n) is 10.4. The molecular weight excluding hydrogens is 270 g/mol. The van der Waals surface area contributed by atoms with Gasteiger partial charge in [0.15, 0.2) is 5.13 Å². The van der Waals surface area contributed by atoms with Gasteiger partial charge in [0.25, 0.3) is 0 Å². The molecule has 0 unspecified atom stereocenters. The van der Waals surface area contributed by atoms with Crippen molar-refractivity contribution < 1.29 is 13.5 Å². The molecule has 1 N–H and O–H groups in total. The quantitative estimate of drug-likeness (QED) is 0.861. The van der Waals surface area contributed by atoms with Crippen molar-refractivity contribution in [3.8, 4) is 17.0 Å². The molecule has 1 aromatic carbocycles. The minimum atomic E-state index is -2.84. The lowest BCUT2D eigenvalue weighted by Crippen LogP contribution is -2.03. The molecule has 0 bridgehead atoms. The van der Waals surface area contributed by atoms with E-state index in [4.69, 9.17) is 0 Å². The number of hydrogen-bond donors (Lipinski definition) is 1. The van der Waals surface area contributed by atoms with E-state index in [2.05, 4.69) is 22.0 Å². The van der Waals surface area contributed by atoms with Crippen molar-refractivity contribution >= 4 is 16.5 Å². The third-order valence-corrected chi connectivity index (χ3v) is 3.21. The largest absolute Gasteiger partial charge is 0.434 e. The molecule has 2 aromatic rings. The molecule has 6 heteroatoms. The highest BCUT2D eigenvalue weighted by Gasteiger charge is 2.13. The van der Waals surface area contributed by atoms with E-state index in [0.717, 1.165) is 18.1 Å². The SMILES string of the molecule is CCCNc1nc(-c2ccccc2OC(F)F)cs1. The molecule has 0 saturated heterocycles. The van der Waals surface area contributed by atoms with Crippen LogP contribution in [-0.4, -0.2) is 18.1 Å². The second-order valence-electron chi connectivity index (χ2n) is 3.84. The van der Waals surface area contributed by atoms with Crippen LogP contribution in [0.25, 0.3) is 11.3 Å². The van der Waals surface area contributed by atoms with Gasteiger partial charge in [-0.05, 0) is 18.6 Å². The molecule has 0 radical (unpaired) electrons. The van der Waals surface area contributed by atoms with E-state index in [-0.39, 0.29) is 5.75 Å². The Balaban J connectivity index is 2.23. The van der Waals surface area contributed by atoms with Gasteiger partial charge in [0.2, 0.25) is 0 Å². The number of rotatable bonds is 6. The van der Waals surface area contributed by atoms with Crippen molar-refractivity contribution in [2.75, 3.05) is 11.9 Å². The molecule has 0 fully saturated rings. The van der Waals surface area contributed by atoms with Crippen LogP contribution >= 0.6 is 11.3 Å². The Morgan fingerprint density at radius 2 is 2.16 bits per heavy atom. The van der Waals surface area contributed by atoms with Gasteiger partial charge in [-0.3, -0.25) is 0 Å². The number of aromatic nitrogens is 1. The summed E-state index contributed by atoms with van der Waals surface area (Å²) < 4.78 is 29.2. The Labute approximate surface area is 114 Å². The molecule has 0 aliphatic heterocycles. The summed E-state index contributed by atoms with van der Waals surface area (Å²) in [5.74, 6) is 0.143. The fourth-order valence-corrected chi connectivity index (χ4v) is 2.33. The van der Waals surface area contributed by atoms with E-state index in [1.165, 1.54) is 17.4 Å². The number of benzene rings is 1. The Morgan fingerprint density at radius 3 is 2.89 bits per heavy atom. The molecular formula is C13H14F2N2OS. The molecule has 2 rings (SSSR count). The van der Waals surface area contributed by atoms with Crippen LogP contribution in [0.2, 0.25) is 0 Å². The summed E-state index contributed by atoms with van der Waals surface area (Å²) in [6, 6.07) is 6.66. The fraction of sp³-hybridized carbons (Fsp3) is 0.308. The predicted molar refractivity (Wildman–Crippen MR) is 73.0 cm³/mol. The first-order chi connectivity index (χ1) is 9.20. The molecule has 0 atom stereocenters. The van der Waals surface area contributed by atoms with E-state index in [1.54, 1.807) is 18.2 Å². The number of nitrogens with zero attached hydrogens (tertiary/aromatic N) is 1. The van der Waals surface area contributed by atoms with Crippen molar-refractivity contribution in [3.63, 3.8) is 0 Å². The van der Waals surface area contributed by atoms with Gasteiger partial charge in [-0.15, -0.1) is 11.3 Å². The molecule has 3 nitrogen and oxygen atoms in total. The van der Waals surface area contributed by atoms with Crippen LogP contribution in [0.1, 0.15) is 13.3 Å². The first-order valence-corrected chi connectivity index (χ1v) is 6.82. The summed E-state index contributed by atoms with van der Waals surface area (Å²) in [6.07, 6.45) is 1.000. The summed E-state index contributed by atoms with van der Waals surface area (Å²) in [5.41, 5.74) is 1.21. The Bertz CT molecular complexity index is 531. The number of thiazole rings is 1. The van der Waals surface area contributed by atoms with Gasteiger partial charge < -0.3 is 10.1 Å². The zero-order chi connectivity index (χ0) is 13.7. The number of hydrogen-bond acceptors (Lipinski definition) is 4. The average molecular weight is 284 g/mol. The van der Waals surface area contributed by atoms with E-state index in [0.29, 0.717) is 11.3 Å². The number of alkyl halides is 2. The molecule has 1 aromatic heterocycles. The molecule has 0 aliphatic carbocycles. The van der Waals surface area contributed by atoms with Gasteiger partial charge in [0, 0.05) is 17.5 Å². The first kappa shape index (κ1) is 13.7. The maximum atomic E-state index is 12.3. The third-order valence-electron chi connectivity index (χ3n) is 2.41. The highest BCUT2D eigenvalue weighted by Crippen LogP contribution is 2.32. The lowest BCUT2D eigenvalue weighted by atomic mass is 10.1. The number of nitrogens with one attached hydrogen (secondary N) is 1. The van der Waals surface area contributed by atoms with Crippen molar-refractivity contribution in [2.45, 2.75) is 20.0 Å². The minimum Gasteiger partial charge on any atom is -0.434 e. The van der Waals surface area contributed by atoms with Gasteiger partial charge in [0.05, 0.1) is 5.69 Å². The van der Waals surface area contributed by atoms with Crippen molar-refractivity contribution in [1.29, 1.82) is 0 Å².